The van der Waals surface area contributed by atoms with Crippen LogP contribution in [0.5, 0.6) is 0 Å². The molecule has 0 unspecified atom stereocenters. The summed E-state index contributed by atoms with van der Waals surface area (Å²) in [5.74, 6) is -1.17. The molecule has 0 aromatic heterocycles. The van der Waals surface area contributed by atoms with Crippen molar-refractivity contribution in [3.8, 4) is 0 Å². The van der Waals surface area contributed by atoms with E-state index in [0.717, 1.165) is 0 Å². The molecule has 7 nitrogen and oxygen atoms in total. The molecule has 0 aliphatic rings. The number of benzene rings is 1. The van der Waals surface area contributed by atoms with E-state index in [9.17, 15) is 13.2 Å². The number of hydrogen-bond donors (Lipinski definition) is 4. The van der Waals surface area contributed by atoms with Gasteiger partial charge < -0.3 is 16.6 Å². The van der Waals surface area contributed by atoms with E-state index < -0.39 is 22.0 Å². The van der Waals surface area contributed by atoms with Crippen LogP contribution in [0.4, 0.5) is 5.69 Å². The molecule has 6 N–H and O–H groups in total. The number of carboxylic acid groups (broad SMARTS) is 1. The number of aliphatic carboxylic acids is 1. The van der Waals surface area contributed by atoms with Crippen molar-refractivity contribution < 1.29 is 18.3 Å². The van der Waals surface area contributed by atoms with Gasteiger partial charge in [-0.25, -0.2) is 13.1 Å². The molecule has 1 rings (SSSR count). The first kappa shape index (κ1) is 14.4. The zero-order valence-electron chi connectivity index (χ0n) is 9.54. The highest BCUT2D eigenvalue weighted by molar-refractivity contribution is 7.89. The van der Waals surface area contributed by atoms with Crippen LogP contribution in [0.1, 0.15) is 6.42 Å². The van der Waals surface area contributed by atoms with Gasteiger partial charge in [-0.1, -0.05) is 0 Å². The summed E-state index contributed by atoms with van der Waals surface area (Å²) in [7, 11) is -3.65. The largest absolute Gasteiger partial charge is 0.480 e. The number of nitrogen functional groups attached to an aromatic ring is 1. The Bertz CT molecular complexity index is 512. The van der Waals surface area contributed by atoms with Crippen LogP contribution < -0.4 is 16.2 Å². The molecule has 0 amide bonds. The number of hydrogen-bond acceptors (Lipinski definition) is 5. The maximum atomic E-state index is 11.8. The molecule has 0 radical (unpaired) electrons. The van der Waals surface area contributed by atoms with Crippen molar-refractivity contribution in [1.29, 1.82) is 0 Å². The minimum atomic E-state index is -3.65. The third-order valence-electron chi connectivity index (χ3n) is 2.26. The van der Waals surface area contributed by atoms with E-state index in [-0.39, 0.29) is 17.9 Å². The number of carboxylic acids is 1. The summed E-state index contributed by atoms with van der Waals surface area (Å²) in [5.41, 5.74) is 11.2. The van der Waals surface area contributed by atoms with E-state index >= 15 is 0 Å². The van der Waals surface area contributed by atoms with Crippen molar-refractivity contribution in [3.63, 3.8) is 0 Å². The maximum Gasteiger partial charge on any atom is 0.320 e. The molecule has 0 spiro atoms. The van der Waals surface area contributed by atoms with Crippen LogP contribution >= 0.6 is 0 Å². The van der Waals surface area contributed by atoms with Gasteiger partial charge >= 0.3 is 5.97 Å². The van der Waals surface area contributed by atoms with E-state index in [2.05, 4.69) is 4.72 Å². The number of nitrogens with one attached hydrogen (secondary N) is 1. The van der Waals surface area contributed by atoms with Crippen LogP contribution in [0.3, 0.4) is 0 Å². The maximum absolute atomic E-state index is 11.8. The number of anilines is 1. The van der Waals surface area contributed by atoms with Gasteiger partial charge in [0.25, 0.3) is 0 Å². The van der Waals surface area contributed by atoms with Crippen LogP contribution in [0.15, 0.2) is 29.2 Å². The van der Waals surface area contributed by atoms with E-state index in [0.29, 0.717) is 5.69 Å². The van der Waals surface area contributed by atoms with Gasteiger partial charge in [0.2, 0.25) is 10.0 Å². The van der Waals surface area contributed by atoms with Gasteiger partial charge in [-0.2, -0.15) is 0 Å². The Morgan fingerprint density at radius 3 is 2.39 bits per heavy atom. The molecule has 8 heteroatoms. The van der Waals surface area contributed by atoms with Crippen molar-refractivity contribution in [2.45, 2.75) is 17.4 Å². The van der Waals surface area contributed by atoms with Crippen LogP contribution in [0.2, 0.25) is 0 Å². The van der Waals surface area contributed by atoms with Crippen LogP contribution in [0, 0.1) is 0 Å². The summed E-state index contributed by atoms with van der Waals surface area (Å²) < 4.78 is 25.8. The average Bonchev–Trinajstić information content (AvgIpc) is 2.29. The number of nitrogens with two attached hydrogens (primary N) is 2. The van der Waals surface area contributed by atoms with Crippen molar-refractivity contribution >= 4 is 21.7 Å². The highest BCUT2D eigenvalue weighted by Gasteiger charge is 2.16. The fourth-order valence-electron chi connectivity index (χ4n) is 1.20. The molecule has 100 valence electrons. The minimum Gasteiger partial charge on any atom is -0.480 e. The van der Waals surface area contributed by atoms with Gasteiger partial charge in [-0.05, 0) is 30.7 Å². The standard InChI is InChI=1S/C10H15N3O4S/c11-7-1-3-8(4-2-7)18(16,17)13-6-5-9(12)10(14)15/h1-4,9,13H,5-6,11-12H2,(H,14,15)/t9-/m0/s1. The molecule has 18 heavy (non-hydrogen) atoms. The number of sulfonamides is 1. The Labute approximate surface area is 105 Å². The highest BCUT2D eigenvalue weighted by atomic mass is 32.2. The highest BCUT2D eigenvalue weighted by Crippen LogP contribution is 2.11. The summed E-state index contributed by atoms with van der Waals surface area (Å²) in [6.07, 6.45) is 0.0174. The van der Waals surface area contributed by atoms with E-state index in [1.165, 1.54) is 24.3 Å². The molecule has 0 saturated carbocycles. The van der Waals surface area contributed by atoms with Gasteiger partial charge in [-0.15, -0.1) is 0 Å². The lowest BCUT2D eigenvalue weighted by Gasteiger charge is -2.09. The molecular weight excluding hydrogens is 258 g/mol. The lowest BCUT2D eigenvalue weighted by atomic mass is 10.2. The molecule has 0 saturated heterocycles. The van der Waals surface area contributed by atoms with Gasteiger partial charge in [0.05, 0.1) is 4.90 Å². The predicted octanol–water partition coefficient (Wildman–Crippen LogP) is -0.651. The van der Waals surface area contributed by atoms with Crippen LogP contribution in [-0.2, 0) is 14.8 Å². The van der Waals surface area contributed by atoms with Crippen molar-refractivity contribution in [2.24, 2.45) is 5.73 Å². The Kier molecular flexibility index (Phi) is 4.65. The monoisotopic (exact) mass is 273 g/mol. The molecule has 0 heterocycles. The average molecular weight is 273 g/mol. The van der Waals surface area contributed by atoms with Crippen LogP contribution in [0.25, 0.3) is 0 Å². The molecule has 0 fully saturated rings. The van der Waals surface area contributed by atoms with Gasteiger partial charge in [0.15, 0.2) is 0 Å². The molecule has 1 aromatic rings. The Morgan fingerprint density at radius 2 is 1.89 bits per heavy atom. The summed E-state index contributed by atoms with van der Waals surface area (Å²) in [6.45, 7) is -0.0415. The Balaban J connectivity index is 2.60. The fraction of sp³-hybridized carbons (Fsp3) is 0.300. The first-order valence-corrected chi connectivity index (χ1v) is 6.65. The molecule has 0 aliphatic carbocycles. The van der Waals surface area contributed by atoms with Crippen molar-refractivity contribution in [3.05, 3.63) is 24.3 Å². The number of carbonyl (C=O) groups is 1. The zero-order chi connectivity index (χ0) is 13.8. The summed E-state index contributed by atoms with van der Waals surface area (Å²) in [5, 5.41) is 8.54. The lowest BCUT2D eigenvalue weighted by Crippen LogP contribution is -2.35. The number of rotatable bonds is 6. The molecule has 1 atom stereocenters. The third kappa shape index (κ3) is 3.99. The smallest absolute Gasteiger partial charge is 0.320 e. The zero-order valence-corrected chi connectivity index (χ0v) is 10.4. The molecule has 1 aromatic carbocycles. The summed E-state index contributed by atoms with van der Waals surface area (Å²) >= 11 is 0. The first-order chi connectivity index (χ1) is 8.33. The molecule has 0 aliphatic heterocycles. The van der Waals surface area contributed by atoms with Crippen molar-refractivity contribution in [2.75, 3.05) is 12.3 Å². The van der Waals surface area contributed by atoms with Crippen LogP contribution in [-0.4, -0.2) is 32.1 Å². The third-order valence-corrected chi connectivity index (χ3v) is 3.73. The Hall–Kier alpha value is -1.64. The van der Waals surface area contributed by atoms with E-state index in [1.807, 2.05) is 0 Å². The quantitative estimate of drug-likeness (QED) is 0.508. The summed E-state index contributed by atoms with van der Waals surface area (Å²) in [4.78, 5) is 10.5. The predicted molar refractivity (Wildman–Crippen MR) is 66.3 cm³/mol. The van der Waals surface area contributed by atoms with Crippen molar-refractivity contribution in [1.82, 2.24) is 4.72 Å². The SMILES string of the molecule is Nc1ccc(S(=O)(=O)NCC[C@H](N)C(=O)O)cc1. The summed E-state index contributed by atoms with van der Waals surface area (Å²) in [6, 6.07) is 4.60. The normalized spacial score (nSPS) is 13.2. The molecular formula is C10H15N3O4S. The lowest BCUT2D eigenvalue weighted by molar-refractivity contribution is -0.138. The van der Waals surface area contributed by atoms with Gasteiger partial charge in [0, 0.05) is 12.2 Å². The van der Waals surface area contributed by atoms with Gasteiger partial charge in [0.1, 0.15) is 6.04 Å². The minimum absolute atomic E-state index is 0.0174. The second-order valence-corrected chi connectivity index (χ2v) is 5.47. The van der Waals surface area contributed by atoms with E-state index in [4.69, 9.17) is 16.6 Å². The topological polar surface area (TPSA) is 136 Å². The van der Waals surface area contributed by atoms with E-state index in [1.54, 1.807) is 0 Å². The molecule has 0 bridgehead atoms. The first-order valence-electron chi connectivity index (χ1n) is 5.16. The Morgan fingerprint density at radius 1 is 1.33 bits per heavy atom. The fourth-order valence-corrected chi connectivity index (χ4v) is 2.25. The van der Waals surface area contributed by atoms with Gasteiger partial charge in [-0.3, -0.25) is 4.79 Å². The second-order valence-electron chi connectivity index (χ2n) is 3.70. The second kappa shape index (κ2) is 5.80.